The first-order valence-corrected chi connectivity index (χ1v) is 6.56. The second-order valence-corrected chi connectivity index (χ2v) is 4.18. The molecule has 4 nitrogen and oxygen atoms in total. The molecule has 0 aliphatic carbocycles. The van der Waals surface area contributed by atoms with Crippen LogP contribution in [-0.2, 0) is 11.3 Å². The van der Waals surface area contributed by atoms with Crippen LogP contribution < -0.4 is 15.4 Å². The van der Waals surface area contributed by atoms with E-state index in [-0.39, 0.29) is 18.3 Å². The molecule has 0 saturated heterocycles. The van der Waals surface area contributed by atoms with E-state index in [1.807, 2.05) is 6.92 Å². The van der Waals surface area contributed by atoms with Crippen molar-refractivity contribution in [1.82, 2.24) is 10.6 Å². The molecular weight excluding hydrogens is 247 g/mol. The number of ether oxygens (including phenoxy) is 1. The lowest BCUT2D eigenvalue weighted by molar-refractivity contribution is -0.123. The van der Waals surface area contributed by atoms with Gasteiger partial charge in [0.2, 0.25) is 0 Å². The maximum Gasteiger partial charge on any atom is 0.257 e. The maximum absolute atomic E-state index is 13.7. The molecule has 0 fully saturated rings. The van der Waals surface area contributed by atoms with Gasteiger partial charge in [-0.3, -0.25) is 4.79 Å². The zero-order valence-corrected chi connectivity index (χ0v) is 11.5. The highest BCUT2D eigenvalue weighted by atomic mass is 19.1. The summed E-state index contributed by atoms with van der Waals surface area (Å²) in [6.07, 6.45) is 1.04. The summed E-state index contributed by atoms with van der Waals surface area (Å²) in [5, 5.41) is 5.78. The Morgan fingerprint density at radius 3 is 2.79 bits per heavy atom. The Morgan fingerprint density at radius 1 is 1.37 bits per heavy atom. The number of carbonyl (C=O) groups is 1. The first kappa shape index (κ1) is 15.4. The molecule has 1 rings (SSSR count). The van der Waals surface area contributed by atoms with Crippen LogP contribution in [0.5, 0.6) is 5.75 Å². The minimum atomic E-state index is -0.444. The van der Waals surface area contributed by atoms with Gasteiger partial charge >= 0.3 is 0 Å². The van der Waals surface area contributed by atoms with Gasteiger partial charge in [-0.1, -0.05) is 13.0 Å². The fraction of sp³-hybridized carbons (Fsp3) is 0.500. The van der Waals surface area contributed by atoms with Gasteiger partial charge < -0.3 is 15.4 Å². The van der Waals surface area contributed by atoms with Crippen LogP contribution in [0.4, 0.5) is 4.39 Å². The Bertz CT molecular complexity index is 410. The maximum atomic E-state index is 13.7. The fourth-order valence-electron chi connectivity index (χ4n) is 1.57. The normalized spacial score (nSPS) is 10.3. The van der Waals surface area contributed by atoms with Crippen molar-refractivity contribution in [3.05, 3.63) is 29.6 Å². The van der Waals surface area contributed by atoms with Gasteiger partial charge in [-0.05, 0) is 37.6 Å². The quantitative estimate of drug-likeness (QED) is 0.707. The van der Waals surface area contributed by atoms with Crippen LogP contribution in [0.1, 0.15) is 25.8 Å². The number of rotatable bonds is 8. The molecule has 1 aromatic rings. The van der Waals surface area contributed by atoms with Crippen molar-refractivity contribution in [3.8, 4) is 5.75 Å². The van der Waals surface area contributed by atoms with Crippen molar-refractivity contribution >= 4 is 5.91 Å². The average molecular weight is 268 g/mol. The summed E-state index contributed by atoms with van der Waals surface area (Å²) in [6, 6.07) is 4.77. The van der Waals surface area contributed by atoms with Crippen molar-refractivity contribution in [1.29, 1.82) is 0 Å². The summed E-state index contributed by atoms with van der Waals surface area (Å²) >= 11 is 0. The van der Waals surface area contributed by atoms with Crippen molar-refractivity contribution in [2.45, 2.75) is 26.8 Å². The van der Waals surface area contributed by atoms with E-state index < -0.39 is 5.82 Å². The lowest BCUT2D eigenvalue weighted by atomic mass is 10.2. The van der Waals surface area contributed by atoms with Crippen molar-refractivity contribution in [2.75, 3.05) is 19.7 Å². The van der Waals surface area contributed by atoms with E-state index in [9.17, 15) is 9.18 Å². The molecule has 2 N–H and O–H groups in total. The van der Waals surface area contributed by atoms with Crippen LogP contribution in [0.3, 0.4) is 0 Å². The minimum absolute atomic E-state index is 0.102. The van der Waals surface area contributed by atoms with Gasteiger partial charge in [0.05, 0.1) is 0 Å². The molecule has 0 spiro atoms. The molecule has 0 unspecified atom stereocenters. The number of nitrogens with one attached hydrogen (secondary N) is 2. The SMILES string of the molecule is CCCNCc1ccc(OCC(=O)NCC)c(F)c1. The number of halogens is 1. The van der Waals surface area contributed by atoms with Crippen LogP contribution in [0.15, 0.2) is 18.2 Å². The number of carbonyl (C=O) groups excluding carboxylic acids is 1. The van der Waals surface area contributed by atoms with E-state index in [1.54, 1.807) is 12.1 Å². The second kappa shape index (κ2) is 8.48. The standard InChI is InChI=1S/C14H21FN2O2/c1-3-7-16-9-11-5-6-13(12(15)8-11)19-10-14(18)17-4-2/h5-6,8,16H,3-4,7,9-10H2,1-2H3,(H,17,18). The number of hydrogen-bond acceptors (Lipinski definition) is 3. The summed E-state index contributed by atoms with van der Waals surface area (Å²) < 4.78 is 18.8. The molecule has 0 aromatic heterocycles. The van der Waals surface area contributed by atoms with Gasteiger partial charge in [0, 0.05) is 13.1 Å². The molecule has 0 aliphatic rings. The molecule has 0 saturated carbocycles. The van der Waals surface area contributed by atoms with E-state index in [0.717, 1.165) is 18.5 Å². The second-order valence-electron chi connectivity index (χ2n) is 4.18. The first-order chi connectivity index (χ1) is 9.17. The van der Waals surface area contributed by atoms with Gasteiger partial charge in [-0.25, -0.2) is 4.39 Å². The third-order valence-electron chi connectivity index (χ3n) is 2.48. The van der Waals surface area contributed by atoms with Gasteiger partial charge in [-0.15, -0.1) is 0 Å². The predicted octanol–water partition coefficient (Wildman–Crippen LogP) is 1.84. The summed E-state index contributed by atoms with van der Waals surface area (Å²) in [4.78, 5) is 11.2. The Kier molecular flexibility index (Phi) is 6.89. The number of hydrogen-bond donors (Lipinski definition) is 2. The van der Waals surface area contributed by atoms with Gasteiger partial charge in [0.15, 0.2) is 18.2 Å². The van der Waals surface area contributed by atoms with Crippen LogP contribution in [0.25, 0.3) is 0 Å². The molecule has 19 heavy (non-hydrogen) atoms. The van der Waals surface area contributed by atoms with E-state index in [4.69, 9.17) is 4.74 Å². The molecular formula is C14H21FN2O2. The molecule has 1 amide bonds. The molecule has 0 aliphatic heterocycles. The van der Waals surface area contributed by atoms with Crippen LogP contribution in [0, 0.1) is 5.82 Å². The fourth-order valence-corrected chi connectivity index (χ4v) is 1.57. The number of amides is 1. The monoisotopic (exact) mass is 268 g/mol. The lowest BCUT2D eigenvalue weighted by Gasteiger charge is -2.09. The van der Waals surface area contributed by atoms with E-state index in [1.165, 1.54) is 6.07 Å². The third-order valence-corrected chi connectivity index (χ3v) is 2.48. The molecule has 1 aromatic carbocycles. The average Bonchev–Trinajstić information content (AvgIpc) is 2.38. The minimum Gasteiger partial charge on any atom is -0.481 e. The highest BCUT2D eigenvalue weighted by molar-refractivity contribution is 5.77. The smallest absolute Gasteiger partial charge is 0.257 e. The number of likely N-dealkylation sites (N-methyl/N-ethyl adjacent to an activating group) is 1. The van der Waals surface area contributed by atoms with Gasteiger partial charge in [0.25, 0.3) is 5.91 Å². The zero-order valence-electron chi connectivity index (χ0n) is 11.5. The third kappa shape index (κ3) is 5.70. The van der Waals surface area contributed by atoms with Crippen molar-refractivity contribution < 1.29 is 13.9 Å². The molecule has 0 bridgehead atoms. The topological polar surface area (TPSA) is 50.4 Å². The molecule has 0 atom stereocenters. The van der Waals surface area contributed by atoms with E-state index in [2.05, 4.69) is 17.6 Å². The van der Waals surface area contributed by atoms with E-state index in [0.29, 0.717) is 13.1 Å². The lowest BCUT2D eigenvalue weighted by Crippen LogP contribution is -2.28. The van der Waals surface area contributed by atoms with Crippen LogP contribution >= 0.6 is 0 Å². The van der Waals surface area contributed by atoms with Crippen LogP contribution in [0.2, 0.25) is 0 Å². The van der Waals surface area contributed by atoms with Crippen molar-refractivity contribution in [2.24, 2.45) is 0 Å². The highest BCUT2D eigenvalue weighted by Gasteiger charge is 2.07. The summed E-state index contributed by atoms with van der Waals surface area (Å²) in [5.41, 5.74) is 0.858. The Morgan fingerprint density at radius 2 is 2.16 bits per heavy atom. The van der Waals surface area contributed by atoms with E-state index >= 15 is 0 Å². The zero-order chi connectivity index (χ0) is 14.1. The summed E-state index contributed by atoms with van der Waals surface area (Å²) in [7, 11) is 0. The molecule has 5 heteroatoms. The largest absolute Gasteiger partial charge is 0.481 e. The van der Waals surface area contributed by atoms with Crippen LogP contribution in [-0.4, -0.2) is 25.6 Å². The summed E-state index contributed by atoms with van der Waals surface area (Å²) in [6.45, 7) is 5.78. The number of benzene rings is 1. The first-order valence-electron chi connectivity index (χ1n) is 6.56. The van der Waals surface area contributed by atoms with Gasteiger partial charge in [0.1, 0.15) is 0 Å². The highest BCUT2D eigenvalue weighted by Crippen LogP contribution is 2.18. The van der Waals surface area contributed by atoms with Crippen molar-refractivity contribution in [3.63, 3.8) is 0 Å². The molecule has 0 radical (unpaired) electrons. The Balaban J connectivity index is 2.49. The Labute approximate surface area is 113 Å². The predicted molar refractivity (Wildman–Crippen MR) is 72.6 cm³/mol. The van der Waals surface area contributed by atoms with Gasteiger partial charge in [-0.2, -0.15) is 0 Å². The Hall–Kier alpha value is -1.62. The summed E-state index contributed by atoms with van der Waals surface area (Å²) in [5.74, 6) is -0.596. The molecule has 106 valence electrons. The molecule has 0 heterocycles.